The molecule has 0 aromatic heterocycles. The van der Waals surface area contributed by atoms with Crippen molar-refractivity contribution in [3.63, 3.8) is 0 Å². The molecule has 15 heavy (non-hydrogen) atoms. The van der Waals surface area contributed by atoms with Crippen LogP contribution in [0.15, 0.2) is 24.3 Å². The number of hydrogen-bond donors (Lipinski definition) is 1. The molecule has 0 fully saturated rings. The number of benzene rings is 1. The zero-order valence-corrected chi connectivity index (χ0v) is 8.36. The summed E-state index contributed by atoms with van der Waals surface area (Å²) < 4.78 is 5.12. The highest BCUT2D eigenvalue weighted by molar-refractivity contribution is 5.27. The molecule has 0 saturated carbocycles. The molecule has 0 atom stereocenters. The van der Waals surface area contributed by atoms with Gasteiger partial charge in [-0.15, -0.1) is 6.42 Å². The maximum atomic E-state index is 8.32. The second kappa shape index (κ2) is 6.48. The van der Waals surface area contributed by atoms with Crippen molar-refractivity contribution in [2.45, 2.75) is 6.54 Å². The van der Waals surface area contributed by atoms with Crippen LogP contribution in [0, 0.1) is 23.7 Å². The number of nitrogens with one attached hydrogen (secondary N) is 1. The highest BCUT2D eigenvalue weighted by Crippen LogP contribution is 2.11. The minimum absolute atomic E-state index is 0.0781. The van der Waals surface area contributed by atoms with Crippen LogP contribution in [0.4, 0.5) is 0 Å². The third kappa shape index (κ3) is 4.17. The summed E-state index contributed by atoms with van der Waals surface area (Å²) in [6.07, 6.45) is 5.11. The zero-order valence-electron chi connectivity index (χ0n) is 8.36. The van der Waals surface area contributed by atoms with E-state index in [9.17, 15) is 0 Å². The maximum Gasteiger partial charge on any atom is 0.174 e. The minimum atomic E-state index is 0.0781. The molecule has 3 nitrogen and oxygen atoms in total. The van der Waals surface area contributed by atoms with Crippen LogP contribution in [0.5, 0.6) is 5.75 Å². The Morgan fingerprint density at radius 2 is 2.07 bits per heavy atom. The summed E-state index contributed by atoms with van der Waals surface area (Å²) in [6, 6.07) is 9.47. The lowest BCUT2D eigenvalue weighted by molar-refractivity contribution is 0.368. The van der Waals surface area contributed by atoms with Crippen LogP contribution in [0.25, 0.3) is 0 Å². The first kappa shape index (κ1) is 11.1. The zero-order chi connectivity index (χ0) is 10.9. The second-order valence-electron chi connectivity index (χ2n) is 2.90. The molecule has 1 aromatic carbocycles. The number of nitrogens with zero attached hydrogens (tertiary/aromatic N) is 1. The number of nitriles is 1. The van der Waals surface area contributed by atoms with E-state index in [0.29, 0.717) is 12.3 Å². The highest BCUT2D eigenvalue weighted by atomic mass is 16.5. The molecule has 1 rings (SSSR count). The molecule has 0 aliphatic rings. The molecule has 0 spiro atoms. The van der Waals surface area contributed by atoms with Gasteiger partial charge in [0.2, 0.25) is 0 Å². The van der Waals surface area contributed by atoms with Crippen molar-refractivity contribution in [2.75, 3.05) is 13.2 Å². The Bertz CT molecular complexity index is 370. The quantitative estimate of drug-likeness (QED) is 0.575. The molecule has 1 N–H and O–H groups in total. The number of hydrogen-bond acceptors (Lipinski definition) is 3. The largest absolute Gasteiger partial charge is 0.479 e. The molecule has 0 aliphatic carbocycles. The van der Waals surface area contributed by atoms with E-state index >= 15 is 0 Å². The third-order valence-corrected chi connectivity index (χ3v) is 1.78. The van der Waals surface area contributed by atoms with Crippen LogP contribution in [0.3, 0.4) is 0 Å². The van der Waals surface area contributed by atoms with Gasteiger partial charge in [-0.25, -0.2) is 0 Å². The number of terminal acetylenes is 1. The number of rotatable bonds is 5. The SMILES string of the molecule is C#CCNCc1ccc(OCC#N)cc1. The molecule has 0 aliphatic heterocycles. The molecule has 0 saturated heterocycles. The molecule has 76 valence electrons. The summed E-state index contributed by atoms with van der Waals surface area (Å²) in [5, 5.41) is 11.4. The van der Waals surface area contributed by atoms with Crippen molar-refractivity contribution in [3.8, 4) is 24.2 Å². The normalized spacial score (nSPS) is 8.93. The highest BCUT2D eigenvalue weighted by Gasteiger charge is 1.94. The van der Waals surface area contributed by atoms with Crippen molar-refractivity contribution < 1.29 is 4.74 Å². The Hall–Kier alpha value is -1.97. The average Bonchev–Trinajstić information content (AvgIpc) is 2.28. The Morgan fingerprint density at radius 1 is 1.33 bits per heavy atom. The fourth-order valence-corrected chi connectivity index (χ4v) is 1.10. The van der Waals surface area contributed by atoms with Crippen molar-refractivity contribution >= 4 is 0 Å². The van der Waals surface area contributed by atoms with Crippen LogP contribution in [-0.2, 0) is 6.54 Å². The first-order valence-electron chi connectivity index (χ1n) is 4.59. The van der Waals surface area contributed by atoms with E-state index in [1.54, 1.807) is 0 Å². The molecule has 0 unspecified atom stereocenters. The van der Waals surface area contributed by atoms with Gasteiger partial charge in [0, 0.05) is 6.54 Å². The van der Waals surface area contributed by atoms with Gasteiger partial charge in [0.15, 0.2) is 6.61 Å². The monoisotopic (exact) mass is 200 g/mol. The first-order chi connectivity index (χ1) is 7.36. The lowest BCUT2D eigenvalue weighted by atomic mass is 10.2. The van der Waals surface area contributed by atoms with Gasteiger partial charge < -0.3 is 10.1 Å². The van der Waals surface area contributed by atoms with Crippen LogP contribution < -0.4 is 10.1 Å². The third-order valence-electron chi connectivity index (χ3n) is 1.78. The van der Waals surface area contributed by atoms with Gasteiger partial charge in [-0.2, -0.15) is 5.26 Å². The van der Waals surface area contributed by atoms with Crippen molar-refractivity contribution in [1.29, 1.82) is 5.26 Å². The summed E-state index contributed by atoms with van der Waals surface area (Å²) in [7, 11) is 0. The molecular formula is C12H12N2O. The Labute approximate surface area is 89.7 Å². The fourth-order valence-electron chi connectivity index (χ4n) is 1.10. The molecule has 3 heteroatoms. The van der Waals surface area contributed by atoms with E-state index in [1.165, 1.54) is 0 Å². The Morgan fingerprint density at radius 3 is 2.67 bits per heavy atom. The lowest BCUT2D eigenvalue weighted by Gasteiger charge is -2.04. The van der Waals surface area contributed by atoms with Crippen LogP contribution in [0.1, 0.15) is 5.56 Å². The van der Waals surface area contributed by atoms with Gasteiger partial charge in [0.25, 0.3) is 0 Å². The minimum Gasteiger partial charge on any atom is -0.479 e. The van der Waals surface area contributed by atoms with Gasteiger partial charge in [0.1, 0.15) is 11.8 Å². The summed E-state index contributed by atoms with van der Waals surface area (Å²) in [5.74, 6) is 3.21. The van der Waals surface area contributed by atoms with Crippen molar-refractivity contribution in [2.24, 2.45) is 0 Å². The van der Waals surface area contributed by atoms with E-state index < -0.39 is 0 Å². The molecule has 0 amide bonds. The standard InChI is InChI=1S/C12H12N2O/c1-2-8-14-10-11-3-5-12(6-4-11)15-9-7-13/h1,3-6,14H,8-10H2. The van der Waals surface area contributed by atoms with E-state index in [0.717, 1.165) is 12.1 Å². The van der Waals surface area contributed by atoms with Crippen molar-refractivity contribution in [1.82, 2.24) is 5.32 Å². The summed E-state index contributed by atoms with van der Waals surface area (Å²) in [5.41, 5.74) is 1.13. The summed E-state index contributed by atoms with van der Waals surface area (Å²) in [4.78, 5) is 0. The molecule has 0 heterocycles. The predicted molar refractivity (Wildman–Crippen MR) is 58.1 cm³/mol. The summed E-state index contributed by atoms with van der Waals surface area (Å²) in [6.45, 7) is 1.38. The van der Waals surface area contributed by atoms with Crippen LogP contribution in [-0.4, -0.2) is 13.2 Å². The van der Waals surface area contributed by atoms with Gasteiger partial charge in [-0.05, 0) is 17.7 Å². The first-order valence-corrected chi connectivity index (χ1v) is 4.59. The van der Waals surface area contributed by atoms with E-state index in [2.05, 4.69) is 11.2 Å². The van der Waals surface area contributed by atoms with Gasteiger partial charge in [-0.1, -0.05) is 18.1 Å². The van der Waals surface area contributed by atoms with Crippen LogP contribution in [0.2, 0.25) is 0 Å². The molecule has 1 aromatic rings. The molecule has 0 bridgehead atoms. The van der Waals surface area contributed by atoms with E-state index in [1.807, 2.05) is 30.3 Å². The van der Waals surface area contributed by atoms with Gasteiger partial charge >= 0.3 is 0 Å². The predicted octanol–water partition coefficient (Wildman–Crippen LogP) is 1.31. The van der Waals surface area contributed by atoms with Gasteiger partial charge in [0.05, 0.1) is 6.54 Å². The van der Waals surface area contributed by atoms with Gasteiger partial charge in [-0.3, -0.25) is 0 Å². The Balaban J connectivity index is 2.43. The maximum absolute atomic E-state index is 8.32. The number of ether oxygens (including phenoxy) is 1. The topological polar surface area (TPSA) is 45.0 Å². The average molecular weight is 200 g/mol. The molecule has 0 radical (unpaired) electrons. The van der Waals surface area contributed by atoms with E-state index in [4.69, 9.17) is 16.4 Å². The van der Waals surface area contributed by atoms with Crippen LogP contribution >= 0.6 is 0 Å². The second-order valence-corrected chi connectivity index (χ2v) is 2.90. The fraction of sp³-hybridized carbons (Fsp3) is 0.250. The lowest BCUT2D eigenvalue weighted by Crippen LogP contribution is -2.12. The molecular weight excluding hydrogens is 188 g/mol. The smallest absolute Gasteiger partial charge is 0.174 e. The van der Waals surface area contributed by atoms with E-state index in [-0.39, 0.29) is 6.61 Å². The Kier molecular flexibility index (Phi) is 4.80. The van der Waals surface area contributed by atoms with Crippen molar-refractivity contribution in [3.05, 3.63) is 29.8 Å². The summed E-state index contributed by atoms with van der Waals surface area (Å²) >= 11 is 0.